The third-order valence-corrected chi connectivity index (χ3v) is 10.8. The van der Waals surface area contributed by atoms with E-state index in [-0.39, 0.29) is 18.6 Å². The Morgan fingerprint density at radius 2 is 1.04 bits per heavy atom. The Morgan fingerprint density at radius 1 is 0.714 bits per heavy atom. The Bertz CT molecular complexity index is 1240. The number of benzene rings is 1. The average Bonchev–Trinajstić information content (AvgIpc) is 2.91. The lowest BCUT2D eigenvalue weighted by Gasteiger charge is -2.51. The molecule has 9 heteroatoms. The summed E-state index contributed by atoms with van der Waals surface area (Å²) < 4.78 is 12.8. The number of carbonyl (C=O) groups excluding carboxylic acids is 2. The van der Waals surface area contributed by atoms with Crippen LogP contribution in [0.25, 0.3) is 0 Å². The van der Waals surface area contributed by atoms with Crippen LogP contribution in [0.3, 0.4) is 0 Å². The van der Waals surface area contributed by atoms with E-state index < -0.39 is 62.5 Å². The van der Waals surface area contributed by atoms with Crippen molar-refractivity contribution in [2.75, 3.05) is 0 Å². The quantitative estimate of drug-likeness (QED) is 0.173. The number of esters is 2. The maximum absolute atomic E-state index is 14.9. The lowest BCUT2D eigenvalue weighted by Crippen LogP contribution is -2.62. The molecule has 9 nitrogen and oxygen atoms in total. The largest absolute Gasteiger partial charge is 0.507 e. The fourth-order valence-electron chi connectivity index (χ4n) is 8.34. The van der Waals surface area contributed by atoms with Gasteiger partial charge in [-0.2, -0.15) is 10.1 Å². The van der Waals surface area contributed by atoms with Crippen LogP contribution in [0, 0.1) is 5.41 Å². The lowest BCUT2D eigenvalue weighted by atomic mass is 9.73. The molecular formula is C40H68N2O7. The summed E-state index contributed by atoms with van der Waals surface area (Å²) in [5, 5.41) is 36.1. The zero-order valence-corrected chi connectivity index (χ0v) is 33.3. The van der Waals surface area contributed by atoms with Gasteiger partial charge in [-0.05, 0) is 95.8 Å². The number of ether oxygens (including phenoxy) is 2. The highest BCUT2D eigenvalue weighted by molar-refractivity contribution is 6.00. The first kappa shape index (κ1) is 41.2. The second-order valence-electron chi connectivity index (χ2n) is 19.6. The molecule has 280 valence electrons. The standard InChI is InChI=1S/C40H68N2O7/c1-16-17-18-40(32(44)48-27-22-36(8,9)41(46)37(10,11)23-27,33(45)49-28-24-38(12,13)42(47)39(14,15)25-28)21-26-19-29(34(2,3)4)31(43)30(20-26)35(5,6)7/h19-20,27-28,43,46-47H,16-18,21-25H2,1-15H3. The molecule has 1 aromatic rings. The van der Waals surface area contributed by atoms with E-state index in [1.165, 1.54) is 10.1 Å². The van der Waals surface area contributed by atoms with Crippen molar-refractivity contribution in [3.8, 4) is 5.75 Å². The first-order valence-electron chi connectivity index (χ1n) is 18.3. The number of phenols is 1. The maximum Gasteiger partial charge on any atom is 0.324 e. The van der Waals surface area contributed by atoms with Crippen LogP contribution in [0.5, 0.6) is 5.75 Å². The molecule has 3 N–H and O–H groups in total. The van der Waals surface area contributed by atoms with Gasteiger partial charge in [0, 0.05) is 47.8 Å². The normalized spacial score (nSPS) is 22.1. The van der Waals surface area contributed by atoms with Crippen molar-refractivity contribution in [2.24, 2.45) is 5.41 Å². The molecule has 0 radical (unpaired) electrons. The molecule has 2 saturated heterocycles. The van der Waals surface area contributed by atoms with Gasteiger partial charge in [0.1, 0.15) is 18.0 Å². The van der Waals surface area contributed by atoms with Crippen molar-refractivity contribution < 1.29 is 34.6 Å². The molecular weight excluding hydrogens is 620 g/mol. The average molecular weight is 689 g/mol. The van der Waals surface area contributed by atoms with E-state index in [1.807, 2.05) is 116 Å². The van der Waals surface area contributed by atoms with E-state index in [4.69, 9.17) is 9.47 Å². The van der Waals surface area contributed by atoms with Crippen LogP contribution in [0.4, 0.5) is 0 Å². The molecule has 2 heterocycles. The number of carbonyl (C=O) groups is 2. The number of hydrogen-bond donors (Lipinski definition) is 3. The minimum absolute atomic E-state index is 0.0500. The number of phenolic OH excluding ortho intramolecular Hbond substituents is 1. The summed E-state index contributed by atoms with van der Waals surface area (Å²) in [6.07, 6.45) is 2.17. The minimum atomic E-state index is -1.66. The minimum Gasteiger partial charge on any atom is -0.507 e. The van der Waals surface area contributed by atoms with Gasteiger partial charge in [-0.3, -0.25) is 9.59 Å². The fourth-order valence-corrected chi connectivity index (χ4v) is 8.34. The Balaban J connectivity index is 2.20. The van der Waals surface area contributed by atoms with Gasteiger partial charge in [-0.25, -0.2) is 0 Å². The number of hydroxylamine groups is 4. The van der Waals surface area contributed by atoms with Crippen molar-refractivity contribution in [2.45, 2.75) is 200 Å². The van der Waals surface area contributed by atoms with Gasteiger partial charge in [-0.15, -0.1) is 0 Å². The Hall–Kier alpha value is -2.20. The first-order chi connectivity index (χ1) is 22.0. The number of hydrogen-bond acceptors (Lipinski definition) is 9. The zero-order chi connectivity index (χ0) is 37.8. The molecule has 0 aromatic heterocycles. The van der Waals surface area contributed by atoms with Crippen molar-refractivity contribution in [1.82, 2.24) is 10.1 Å². The second-order valence-corrected chi connectivity index (χ2v) is 19.6. The SMILES string of the molecule is CCCCC(Cc1cc(C(C)(C)C)c(O)c(C(C)(C)C)c1)(C(=O)OC1CC(C)(C)N(O)C(C)(C)C1)C(=O)OC1CC(C)(C)N(O)C(C)(C)C1. The van der Waals surface area contributed by atoms with E-state index >= 15 is 0 Å². The molecule has 0 unspecified atom stereocenters. The monoisotopic (exact) mass is 689 g/mol. The summed E-state index contributed by atoms with van der Waals surface area (Å²) in [7, 11) is 0. The third kappa shape index (κ3) is 8.82. The number of rotatable bonds is 9. The maximum atomic E-state index is 14.9. The first-order valence-corrected chi connectivity index (χ1v) is 18.3. The summed E-state index contributed by atoms with van der Waals surface area (Å²) in [6.45, 7) is 29.6. The van der Waals surface area contributed by atoms with Crippen LogP contribution in [0.1, 0.15) is 165 Å². The van der Waals surface area contributed by atoms with Gasteiger partial charge in [0.2, 0.25) is 0 Å². The van der Waals surface area contributed by atoms with Crippen LogP contribution in [-0.2, 0) is 36.3 Å². The topological polar surface area (TPSA) is 120 Å². The summed E-state index contributed by atoms with van der Waals surface area (Å²) in [5.41, 5.74) is -2.84. The van der Waals surface area contributed by atoms with Crippen LogP contribution >= 0.6 is 0 Å². The van der Waals surface area contributed by atoms with Gasteiger partial charge in [0.05, 0.1) is 0 Å². The Kier molecular flexibility index (Phi) is 11.6. The Morgan fingerprint density at radius 3 is 1.33 bits per heavy atom. The van der Waals surface area contributed by atoms with Gasteiger partial charge in [0.25, 0.3) is 0 Å². The third-order valence-electron chi connectivity index (χ3n) is 10.8. The van der Waals surface area contributed by atoms with Crippen LogP contribution in [-0.4, -0.2) is 71.9 Å². The summed E-state index contributed by atoms with van der Waals surface area (Å²) in [6, 6.07) is 3.86. The van der Waals surface area contributed by atoms with Gasteiger partial charge in [0.15, 0.2) is 5.41 Å². The smallest absolute Gasteiger partial charge is 0.324 e. The fraction of sp³-hybridized carbons (Fsp3) is 0.800. The lowest BCUT2D eigenvalue weighted by molar-refractivity contribution is -0.263. The molecule has 0 spiro atoms. The van der Waals surface area contributed by atoms with Crippen molar-refractivity contribution in [3.63, 3.8) is 0 Å². The molecule has 0 amide bonds. The molecule has 2 aliphatic rings. The van der Waals surface area contributed by atoms with E-state index in [9.17, 15) is 25.1 Å². The molecule has 1 aromatic carbocycles. The molecule has 0 aliphatic carbocycles. The molecule has 2 aliphatic heterocycles. The number of aromatic hydroxyl groups is 1. The Labute approximate surface area is 296 Å². The predicted octanol–water partition coefficient (Wildman–Crippen LogP) is 8.61. The molecule has 2 fully saturated rings. The van der Waals surface area contributed by atoms with E-state index in [0.717, 1.165) is 23.1 Å². The van der Waals surface area contributed by atoms with Gasteiger partial charge < -0.3 is 25.0 Å². The molecule has 49 heavy (non-hydrogen) atoms. The summed E-state index contributed by atoms with van der Waals surface area (Å²) in [4.78, 5) is 29.7. The highest BCUT2D eigenvalue weighted by Gasteiger charge is 2.54. The highest BCUT2D eigenvalue weighted by Crippen LogP contribution is 2.45. The van der Waals surface area contributed by atoms with Gasteiger partial charge in [-0.1, -0.05) is 73.4 Å². The molecule has 0 saturated carbocycles. The molecule has 3 rings (SSSR count). The highest BCUT2D eigenvalue weighted by atomic mass is 16.6. The van der Waals surface area contributed by atoms with Crippen molar-refractivity contribution in [1.29, 1.82) is 0 Å². The van der Waals surface area contributed by atoms with Crippen molar-refractivity contribution in [3.05, 3.63) is 28.8 Å². The number of unbranched alkanes of at least 4 members (excludes halogenated alkanes) is 1. The van der Waals surface area contributed by atoms with Crippen molar-refractivity contribution >= 4 is 11.9 Å². The number of piperidine rings is 2. The molecule has 0 atom stereocenters. The predicted molar refractivity (Wildman–Crippen MR) is 193 cm³/mol. The zero-order valence-electron chi connectivity index (χ0n) is 33.3. The summed E-state index contributed by atoms with van der Waals surface area (Å²) in [5.74, 6) is -1.00. The van der Waals surface area contributed by atoms with Crippen LogP contribution in [0.2, 0.25) is 0 Å². The molecule has 0 bridgehead atoms. The van der Waals surface area contributed by atoms with E-state index in [0.29, 0.717) is 32.1 Å². The summed E-state index contributed by atoms with van der Waals surface area (Å²) >= 11 is 0. The van der Waals surface area contributed by atoms with Gasteiger partial charge >= 0.3 is 11.9 Å². The van der Waals surface area contributed by atoms with Crippen LogP contribution < -0.4 is 0 Å². The van der Waals surface area contributed by atoms with E-state index in [2.05, 4.69) is 0 Å². The van der Waals surface area contributed by atoms with Crippen LogP contribution in [0.15, 0.2) is 12.1 Å². The van der Waals surface area contributed by atoms with E-state index in [1.54, 1.807) is 0 Å². The number of nitrogens with zero attached hydrogens (tertiary/aromatic N) is 2. The second kappa shape index (κ2) is 13.7.